The predicted octanol–water partition coefficient (Wildman–Crippen LogP) is 2.88. The van der Waals surface area contributed by atoms with E-state index in [1.807, 2.05) is 0 Å². The number of ether oxygens (including phenoxy) is 1. The summed E-state index contributed by atoms with van der Waals surface area (Å²) in [6.07, 6.45) is 7.26. The first kappa shape index (κ1) is 20.5. The zero-order valence-corrected chi connectivity index (χ0v) is 17.1. The lowest BCUT2D eigenvalue weighted by atomic mass is 9.80. The van der Waals surface area contributed by atoms with Gasteiger partial charge in [-0.05, 0) is 90.0 Å². The van der Waals surface area contributed by atoms with E-state index in [4.69, 9.17) is 4.74 Å². The number of methoxy groups -OCH3 is 1. The number of rotatable bonds is 7. The monoisotopic (exact) mass is 369 g/mol. The van der Waals surface area contributed by atoms with Gasteiger partial charge in [0.2, 0.25) is 0 Å². The van der Waals surface area contributed by atoms with Crippen molar-refractivity contribution >= 4 is 0 Å². The highest BCUT2D eigenvalue weighted by molar-refractivity contribution is 4.90. The maximum Gasteiger partial charge on any atom is 0.113 e. The summed E-state index contributed by atoms with van der Waals surface area (Å²) in [6, 6.07) is 0. The van der Waals surface area contributed by atoms with Crippen LogP contribution in [0.3, 0.4) is 0 Å². The number of hydrogen-bond donors (Lipinski definition) is 0. The van der Waals surface area contributed by atoms with Gasteiger partial charge in [-0.1, -0.05) is 0 Å². The molecule has 0 aromatic carbocycles. The van der Waals surface area contributed by atoms with Gasteiger partial charge < -0.3 is 19.4 Å². The molecule has 0 unspecified atom stereocenters. The van der Waals surface area contributed by atoms with Crippen molar-refractivity contribution in [1.29, 1.82) is 0 Å². The lowest BCUT2D eigenvalue weighted by Crippen LogP contribution is -2.46. The van der Waals surface area contributed by atoms with Crippen LogP contribution in [0.25, 0.3) is 0 Å². The third-order valence-corrected chi connectivity index (χ3v) is 7.08. The summed E-state index contributed by atoms with van der Waals surface area (Å²) in [4.78, 5) is 7.44. The summed E-state index contributed by atoms with van der Waals surface area (Å²) in [7, 11) is 3.98. The maximum absolute atomic E-state index is 15.4. The Morgan fingerprint density at radius 1 is 0.885 bits per heavy atom. The number of nitrogens with zero attached hydrogens (tertiary/aromatic N) is 3. The number of hydrogen-bond acceptors (Lipinski definition) is 4. The molecule has 0 saturated carbocycles. The molecular weight excluding hydrogens is 329 g/mol. The maximum atomic E-state index is 15.4. The Morgan fingerprint density at radius 2 is 1.50 bits per heavy atom. The topological polar surface area (TPSA) is 19.0 Å². The van der Waals surface area contributed by atoms with Crippen molar-refractivity contribution in [3.8, 4) is 0 Å². The second kappa shape index (κ2) is 9.81. The normalized spacial score (nSPS) is 27.8. The number of alkyl halides is 1. The third-order valence-electron chi connectivity index (χ3n) is 7.08. The molecule has 5 heteroatoms. The Bertz CT molecular complexity index is 398. The summed E-state index contributed by atoms with van der Waals surface area (Å²) in [5.41, 5.74) is -0.900. The van der Waals surface area contributed by atoms with Gasteiger partial charge in [0.25, 0.3) is 0 Å². The van der Waals surface area contributed by atoms with Gasteiger partial charge in [0.15, 0.2) is 0 Å². The van der Waals surface area contributed by atoms with E-state index in [0.717, 1.165) is 77.4 Å². The van der Waals surface area contributed by atoms with E-state index < -0.39 is 5.67 Å². The van der Waals surface area contributed by atoms with Crippen LogP contribution >= 0.6 is 0 Å². The minimum Gasteiger partial charge on any atom is -0.383 e. The SMILES string of the molecule is COCCN1CCC(CC2(F)CCN(CC3CCN(C)CC3)CC2)CC1. The molecule has 0 bridgehead atoms. The standard InChI is InChI=1S/C21H40FN3O/c1-23-9-3-20(4-10-23)18-25-13-7-21(22,8-14-25)17-19-5-11-24(12-6-19)15-16-26-2/h19-20H,3-18H2,1-2H3. The first-order chi connectivity index (χ1) is 12.6. The Morgan fingerprint density at radius 3 is 2.12 bits per heavy atom. The summed E-state index contributed by atoms with van der Waals surface area (Å²) in [6.45, 7) is 9.66. The lowest BCUT2D eigenvalue weighted by Gasteiger charge is -2.41. The van der Waals surface area contributed by atoms with Crippen LogP contribution in [-0.2, 0) is 4.74 Å². The lowest BCUT2D eigenvalue weighted by molar-refractivity contribution is 0.0165. The number of likely N-dealkylation sites (tertiary alicyclic amines) is 3. The number of piperidine rings is 3. The summed E-state index contributed by atoms with van der Waals surface area (Å²) in [5.74, 6) is 1.41. The zero-order chi connectivity index (χ0) is 18.4. The average molecular weight is 370 g/mol. The van der Waals surface area contributed by atoms with E-state index in [1.54, 1.807) is 7.11 Å². The largest absolute Gasteiger partial charge is 0.383 e. The molecule has 0 spiro atoms. The molecule has 4 nitrogen and oxygen atoms in total. The average Bonchev–Trinajstić information content (AvgIpc) is 2.65. The van der Waals surface area contributed by atoms with Gasteiger partial charge in [-0.2, -0.15) is 0 Å². The van der Waals surface area contributed by atoms with Crippen LogP contribution in [0.4, 0.5) is 4.39 Å². The van der Waals surface area contributed by atoms with Gasteiger partial charge in [-0.25, -0.2) is 4.39 Å². The van der Waals surface area contributed by atoms with Crippen LogP contribution < -0.4 is 0 Å². The Hall–Kier alpha value is -0.230. The summed E-state index contributed by atoms with van der Waals surface area (Å²) < 4.78 is 20.6. The molecule has 0 amide bonds. The van der Waals surface area contributed by atoms with Crippen molar-refractivity contribution in [2.45, 2.75) is 50.6 Å². The van der Waals surface area contributed by atoms with E-state index in [1.165, 1.54) is 32.5 Å². The minimum atomic E-state index is -0.900. The van der Waals surface area contributed by atoms with Gasteiger partial charge in [0.05, 0.1) is 6.61 Å². The second-order valence-electron chi connectivity index (χ2n) is 9.18. The Labute approximate surface area is 160 Å². The van der Waals surface area contributed by atoms with Crippen molar-refractivity contribution in [1.82, 2.24) is 14.7 Å². The molecule has 0 N–H and O–H groups in total. The van der Waals surface area contributed by atoms with Crippen LogP contribution in [0.15, 0.2) is 0 Å². The molecule has 3 saturated heterocycles. The van der Waals surface area contributed by atoms with E-state index >= 15 is 4.39 Å². The molecule has 0 aromatic rings. The Balaban J connectivity index is 1.34. The molecule has 3 fully saturated rings. The van der Waals surface area contributed by atoms with Crippen molar-refractivity contribution in [2.75, 3.05) is 73.1 Å². The number of halogens is 1. The van der Waals surface area contributed by atoms with Gasteiger partial charge >= 0.3 is 0 Å². The van der Waals surface area contributed by atoms with Crippen LogP contribution in [0.5, 0.6) is 0 Å². The molecule has 0 aromatic heterocycles. The highest BCUT2D eigenvalue weighted by Crippen LogP contribution is 2.36. The fraction of sp³-hybridized carbons (Fsp3) is 1.00. The molecule has 152 valence electrons. The third kappa shape index (κ3) is 6.15. The quantitative estimate of drug-likeness (QED) is 0.687. The van der Waals surface area contributed by atoms with Gasteiger partial charge in [-0.15, -0.1) is 0 Å². The molecule has 3 aliphatic heterocycles. The molecular formula is C21H40FN3O. The predicted molar refractivity (Wildman–Crippen MR) is 105 cm³/mol. The molecule has 0 aliphatic carbocycles. The first-order valence-electron chi connectivity index (χ1n) is 10.9. The van der Waals surface area contributed by atoms with E-state index in [-0.39, 0.29) is 0 Å². The molecule has 3 aliphatic rings. The van der Waals surface area contributed by atoms with Crippen LogP contribution in [0.2, 0.25) is 0 Å². The highest BCUT2D eigenvalue weighted by Gasteiger charge is 2.37. The molecule has 3 heterocycles. The molecule has 3 rings (SSSR count). The summed E-state index contributed by atoms with van der Waals surface area (Å²) >= 11 is 0. The highest BCUT2D eigenvalue weighted by atomic mass is 19.1. The van der Waals surface area contributed by atoms with E-state index in [0.29, 0.717) is 5.92 Å². The second-order valence-corrected chi connectivity index (χ2v) is 9.18. The van der Waals surface area contributed by atoms with Crippen molar-refractivity contribution in [3.05, 3.63) is 0 Å². The van der Waals surface area contributed by atoms with E-state index in [2.05, 4.69) is 21.7 Å². The van der Waals surface area contributed by atoms with Crippen LogP contribution in [0.1, 0.15) is 44.9 Å². The molecule has 0 radical (unpaired) electrons. The van der Waals surface area contributed by atoms with Crippen molar-refractivity contribution in [3.63, 3.8) is 0 Å². The zero-order valence-electron chi connectivity index (χ0n) is 17.1. The van der Waals surface area contributed by atoms with E-state index in [9.17, 15) is 0 Å². The first-order valence-corrected chi connectivity index (χ1v) is 10.9. The smallest absolute Gasteiger partial charge is 0.113 e. The summed E-state index contributed by atoms with van der Waals surface area (Å²) in [5, 5.41) is 0. The van der Waals surface area contributed by atoms with Gasteiger partial charge in [0, 0.05) is 33.3 Å². The molecule has 26 heavy (non-hydrogen) atoms. The fourth-order valence-electron chi connectivity index (χ4n) is 5.10. The fourth-order valence-corrected chi connectivity index (χ4v) is 5.10. The van der Waals surface area contributed by atoms with Crippen LogP contribution in [0, 0.1) is 11.8 Å². The van der Waals surface area contributed by atoms with Crippen molar-refractivity contribution in [2.24, 2.45) is 11.8 Å². The van der Waals surface area contributed by atoms with Gasteiger partial charge in [0.1, 0.15) is 5.67 Å². The Kier molecular flexibility index (Phi) is 7.74. The molecule has 0 atom stereocenters. The van der Waals surface area contributed by atoms with Crippen molar-refractivity contribution < 1.29 is 9.13 Å². The van der Waals surface area contributed by atoms with Gasteiger partial charge in [-0.3, -0.25) is 0 Å². The van der Waals surface area contributed by atoms with Crippen LogP contribution in [-0.4, -0.2) is 93.5 Å². The minimum absolute atomic E-state index is 0.583.